The molecular weight excluding hydrogens is 386 g/mol. The minimum absolute atomic E-state index is 0.180. The van der Waals surface area contributed by atoms with Crippen LogP contribution in [0.2, 0.25) is 0 Å². The average molecular weight is 412 g/mol. The van der Waals surface area contributed by atoms with Crippen LogP contribution < -0.4 is 24.2 Å². The van der Waals surface area contributed by atoms with Crippen molar-refractivity contribution in [2.24, 2.45) is 0 Å². The number of nitrogens with one attached hydrogen (secondary N) is 1. The van der Waals surface area contributed by atoms with E-state index in [1.165, 1.54) is 12.0 Å². The summed E-state index contributed by atoms with van der Waals surface area (Å²) in [6.07, 6.45) is 0.180. The zero-order chi connectivity index (χ0) is 21.3. The lowest BCUT2D eigenvalue weighted by Gasteiger charge is -2.35. The van der Waals surface area contributed by atoms with Crippen LogP contribution in [-0.2, 0) is 9.59 Å². The van der Waals surface area contributed by atoms with E-state index >= 15 is 0 Å². The van der Waals surface area contributed by atoms with E-state index in [9.17, 15) is 14.7 Å². The zero-order valence-corrected chi connectivity index (χ0v) is 17.1. The van der Waals surface area contributed by atoms with Crippen molar-refractivity contribution in [2.75, 3.05) is 50.2 Å². The minimum atomic E-state index is -0.407. The maximum Gasteiger partial charge on any atom is 0.292 e. The topological polar surface area (TPSA) is 83.8 Å². The molecule has 0 bridgehead atoms. The standard InChI is InChI=1S/C22H25N3O5/c1-29-15-7-8-17(20(13-15)30-2)25-21(27)14-18(22(25)28)24-11-9-23(10-12-24)16-5-3-4-6-19(16)26/h3-8,13,18,26H,9-12,14H2,1-2H3/p+1/t18-/m0/s1. The van der Waals surface area contributed by atoms with Crippen LogP contribution in [0.1, 0.15) is 6.42 Å². The van der Waals surface area contributed by atoms with Gasteiger partial charge in [0.1, 0.15) is 17.2 Å². The number of phenols is 1. The molecule has 2 aromatic rings. The molecule has 2 N–H and O–H groups in total. The highest BCUT2D eigenvalue weighted by atomic mass is 16.5. The Kier molecular flexibility index (Phi) is 5.50. The Balaban J connectivity index is 1.48. The number of nitrogens with zero attached hydrogens (tertiary/aromatic N) is 2. The van der Waals surface area contributed by atoms with E-state index in [-0.39, 0.29) is 24.0 Å². The van der Waals surface area contributed by atoms with Gasteiger partial charge >= 0.3 is 0 Å². The number of ether oxygens (including phenoxy) is 2. The van der Waals surface area contributed by atoms with Crippen molar-refractivity contribution in [2.45, 2.75) is 12.5 Å². The van der Waals surface area contributed by atoms with Crippen LogP contribution in [0.25, 0.3) is 0 Å². The van der Waals surface area contributed by atoms with E-state index in [2.05, 4.69) is 4.90 Å². The van der Waals surface area contributed by atoms with Gasteiger partial charge in [-0.25, -0.2) is 4.90 Å². The first-order chi connectivity index (χ1) is 14.5. The number of hydrogen-bond acceptors (Lipinski definition) is 6. The normalized spacial score (nSPS) is 20.0. The number of carbonyl (C=O) groups is 2. The van der Waals surface area contributed by atoms with Crippen LogP contribution in [0.15, 0.2) is 42.5 Å². The number of hydrogen-bond donors (Lipinski definition) is 2. The summed E-state index contributed by atoms with van der Waals surface area (Å²) in [6.45, 7) is 2.84. The molecule has 1 atom stereocenters. The van der Waals surface area contributed by atoms with Crippen molar-refractivity contribution in [3.8, 4) is 17.2 Å². The number of quaternary nitrogens is 1. The first-order valence-corrected chi connectivity index (χ1v) is 10.00. The molecule has 0 aliphatic carbocycles. The van der Waals surface area contributed by atoms with Crippen molar-refractivity contribution >= 4 is 23.2 Å². The molecule has 0 aromatic heterocycles. The van der Waals surface area contributed by atoms with Gasteiger partial charge in [0.25, 0.3) is 5.91 Å². The molecule has 0 spiro atoms. The molecule has 0 radical (unpaired) electrons. The van der Waals surface area contributed by atoms with Crippen molar-refractivity contribution < 1.29 is 29.1 Å². The SMILES string of the molecule is COc1ccc(N2C(=O)C[C@H]([NH+]3CCN(c4ccccc4O)CC3)C2=O)c(OC)c1. The third-order valence-electron chi connectivity index (χ3n) is 5.90. The van der Waals surface area contributed by atoms with Crippen LogP contribution in [0, 0.1) is 0 Å². The molecule has 0 saturated carbocycles. The summed E-state index contributed by atoms with van der Waals surface area (Å²) in [4.78, 5) is 30.4. The largest absolute Gasteiger partial charge is 0.506 e. The minimum Gasteiger partial charge on any atom is -0.506 e. The number of aromatic hydroxyl groups is 1. The van der Waals surface area contributed by atoms with Crippen molar-refractivity contribution in [3.63, 3.8) is 0 Å². The second kappa shape index (κ2) is 8.23. The Hall–Kier alpha value is -3.26. The molecule has 0 unspecified atom stereocenters. The number of carbonyl (C=O) groups excluding carboxylic acids is 2. The number of rotatable bonds is 5. The summed E-state index contributed by atoms with van der Waals surface area (Å²) >= 11 is 0. The third kappa shape index (κ3) is 3.54. The van der Waals surface area contributed by atoms with Gasteiger partial charge in [0.05, 0.1) is 58.2 Å². The van der Waals surface area contributed by atoms with E-state index in [1.54, 1.807) is 37.4 Å². The zero-order valence-electron chi connectivity index (χ0n) is 17.1. The molecule has 2 amide bonds. The Morgan fingerprint density at radius 2 is 1.73 bits per heavy atom. The summed E-state index contributed by atoms with van der Waals surface area (Å²) in [7, 11) is 3.05. The number of piperazine rings is 1. The van der Waals surface area contributed by atoms with Gasteiger partial charge in [0.2, 0.25) is 5.91 Å². The summed E-state index contributed by atoms with van der Waals surface area (Å²) in [6, 6.07) is 11.9. The fourth-order valence-corrected chi connectivity index (χ4v) is 4.29. The molecule has 158 valence electrons. The fourth-order valence-electron chi connectivity index (χ4n) is 4.29. The van der Waals surface area contributed by atoms with Crippen LogP contribution in [0.4, 0.5) is 11.4 Å². The second-order valence-corrected chi connectivity index (χ2v) is 7.50. The molecule has 8 nitrogen and oxygen atoms in total. The lowest BCUT2D eigenvalue weighted by molar-refractivity contribution is -0.915. The van der Waals surface area contributed by atoms with E-state index in [1.807, 2.05) is 12.1 Å². The molecule has 8 heteroatoms. The van der Waals surface area contributed by atoms with Crippen LogP contribution in [0.3, 0.4) is 0 Å². The van der Waals surface area contributed by atoms with Crippen LogP contribution >= 0.6 is 0 Å². The van der Waals surface area contributed by atoms with Crippen LogP contribution in [0.5, 0.6) is 17.2 Å². The molecule has 4 rings (SSSR count). The number of amides is 2. The van der Waals surface area contributed by atoms with Crippen molar-refractivity contribution in [1.29, 1.82) is 0 Å². The Morgan fingerprint density at radius 1 is 1.00 bits per heavy atom. The number of para-hydroxylation sites is 2. The van der Waals surface area contributed by atoms with Gasteiger partial charge in [-0.1, -0.05) is 12.1 Å². The van der Waals surface area contributed by atoms with E-state index in [0.717, 1.165) is 10.6 Å². The highest BCUT2D eigenvalue weighted by Crippen LogP contribution is 2.35. The summed E-state index contributed by atoms with van der Waals surface area (Å²) in [5, 5.41) is 10.1. The van der Waals surface area contributed by atoms with E-state index < -0.39 is 6.04 Å². The number of benzene rings is 2. The molecule has 2 fully saturated rings. The fraction of sp³-hybridized carbons (Fsp3) is 0.364. The molecule has 2 heterocycles. The number of methoxy groups -OCH3 is 2. The van der Waals surface area contributed by atoms with Crippen molar-refractivity contribution in [1.82, 2.24) is 0 Å². The van der Waals surface area contributed by atoms with Crippen LogP contribution in [-0.4, -0.2) is 63.4 Å². The molecule has 2 aromatic carbocycles. The summed E-state index contributed by atoms with van der Waals surface area (Å²) in [5.74, 6) is 0.859. The highest BCUT2D eigenvalue weighted by molar-refractivity contribution is 6.22. The van der Waals surface area contributed by atoms with Gasteiger partial charge in [-0.2, -0.15) is 0 Å². The molecule has 30 heavy (non-hydrogen) atoms. The van der Waals surface area contributed by atoms with Gasteiger partial charge in [0, 0.05) is 6.07 Å². The van der Waals surface area contributed by atoms with Crippen molar-refractivity contribution in [3.05, 3.63) is 42.5 Å². The summed E-state index contributed by atoms with van der Waals surface area (Å²) < 4.78 is 10.6. The van der Waals surface area contributed by atoms with Gasteiger partial charge < -0.3 is 24.4 Å². The predicted octanol–water partition coefficient (Wildman–Crippen LogP) is 0.446. The lowest BCUT2D eigenvalue weighted by Crippen LogP contribution is -3.19. The lowest BCUT2D eigenvalue weighted by atomic mass is 10.1. The Labute approximate surface area is 175 Å². The smallest absolute Gasteiger partial charge is 0.292 e. The maximum atomic E-state index is 13.2. The monoisotopic (exact) mass is 412 g/mol. The predicted molar refractivity (Wildman–Crippen MR) is 111 cm³/mol. The van der Waals surface area contributed by atoms with Gasteiger partial charge in [0.15, 0.2) is 6.04 Å². The highest BCUT2D eigenvalue weighted by Gasteiger charge is 2.47. The number of anilines is 2. The van der Waals surface area contributed by atoms with Gasteiger partial charge in [-0.05, 0) is 24.3 Å². The van der Waals surface area contributed by atoms with E-state index in [0.29, 0.717) is 43.4 Å². The third-order valence-corrected chi connectivity index (χ3v) is 5.90. The van der Waals surface area contributed by atoms with Gasteiger partial charge in [-0.15, -0.1) is 0 Å². The molecule has 2 aliphatic rings. The quantitative estimate of drug-likeness (QED) is 0.694. The Morgan fingerprint density at radius 3 is 2.40 bits per heavy atom. The van der Waals surface area contributed by atoms with Gasteiger partial charge in [-0.3, -0.25) is 9.59 Å². The average Bonchev–Trinajstić information content (AvgIpc) is 3.07. The summed E-state index contributed by atoms with van der Waals surface area (Å²) in [5.41, 5.74) is 1.25. The molecular formula is C22H26N3O5+. The Bertz CT molecular complexity index is 956. The van der Waals surface area contributed by atoms with E-state index in [4.69, 9.17) is 9.47 Å². The maximum absolute atomic E-state index is 13.2. The molecule has 2 saturated heterocycles. The number of imide groups is 1. The molecule has 2 aliphatic heterocycles. The second-order valence-electron chi connectivity index (χ2n) is 7.50. The first-order valence-electron chi connectivity index (χ1n) is 10.00. The first kappa shape index (κ1) is 20.0. The number of phenolic OH excluding ortho intramolecular Hbond substituents is 1.